The Morgan fingerprint density at radius 1 is 0.957 bits per heavy atom. The molecule has 4 aliphatic carbocycles. The van der Waals surface area contributed by atoms with E-state index in [1.807, 2.05) is 0 Å². The summed E-state index contributed by atoms with van der Waals surface area (Å²) >= 11 is 0. The normalized spacial score (nSPS) is 52.7. The van der Waals surface area contributed by atoms with Gasteiger partial charge >= 0.3 is 0 Å². The number of carbonyl (C=O) groups is 2. The molecule has 3 nitrogen and oxygen atoms in total. The van der Waals surface area contributed by atoms with Crippen molar-refractivity contribution in [1.29, 1.82) is 0 Å². The third-order valence-corrected chi connectivity index (χ3v) is 8.47. The summed E-state index contributed by atoms with van der Waals surface area (Å²) < 4.78 is 5.63. The number of ketones is 2. The Kier molecular flexibility index (Phi) is 3.54. The molecule has 0 saturated heterocycles. The molecule has 0 aliphatic heterocycles. The van der Waals surface area contributed by atoms with Gasteiger partial charge in [-0.05, 0) is 61.2 Å². The summed E-state index contributed by atoms with van der Waals surface area (Å²) in [4.78, 5) is 24.4. The summed E-state index contributed by atoms with van der Waals surface area (Å²) in [7, 11) is 1.70. The zero-order valence-corrected chi connectivity index (χ0v) is 14.8. The number of methoxy groups -OCH3 is 1. The lowest BCUT2D eigenvalue weighted by Gasteiger charge is -2.59. The molecule has 0 aromatic rings. The maximum absolute atomic E-state index is 12.5. The molecule has 0 aromatic heterocycles. The van der Waals surface area contributed by atoms with Gasteiger partial charge in [-0.1, -0.05) is 13.8 Å². The van der Waals surface area contributed by atoms with Crippen molar-refractivity contribution in [2.24, 2.45) is 34.5 Å². The van der Waals surface area contributed by atoms with E-state index in [0.717, 1.165) is 32.1 Å². The average molecular weight is 318 g/mol. The van der Waals surface area contributed by atoms with Gasteiger partial charge in [-0.2, -0.15) is 0 Å². The zero-order valence-electron chi connectivity index (χ0n) is 14.8. The highest BCUT2D eigenvalue weighted by molar-refractivity contribution is 5.87. The Hall–Kier alpha value is -0.700. The molecule has 4 rings (SSSR count). The minimum absolute atomic E-state index is 0.0423. The molecular formula is C20H30O3. The maximum atomic E-state index is 12.5. The molecule has 0 amide bonds. The zero-order chi connectivity index (χ0) is 16.4. The first-order valence-electron chi connectivity index (χ1n) is 9.47. The number of fused-ring (bicyclic) bond motifs is 5. The summed E-state index contributed by atoms with van der Waals surface area (Å²) in [5.41, 5.74) is 0.368. The van der Waals surface area contributed by atoms with Crippen molar-refractivity contribution in [2.45, 2.75) is 71.3 Å². The minimum atomic E-state index is -0.188. The first-order valence-corrected chi connectivity index (χ1v) is 9.47. The summed E-state index contributed by atoms with van der Waals surface area (Å²) in [5, 5.41) is 0. The Morgan fingerprint density at radius 3 is 2.48 bits per heavy atom. The fraction of sp³-hybridized carbons (Fsp3) is 0.900. The van der Waals surface area contributed by atoms with E-state index in [-0.39, 0.29) is 11.5 Å². The van der Waals surface area contributed by atoms with E-state index in [1.54, 1.807) is 7.11 Å². The number of hydrogen-bond acceptors (Lipinski definition) is 3. The average Bonchev–Trinajstić information content (AvgIpc) is 2.77. The number of rotatable bonds is 1. The Morgan fingerprint density at radius 2 is 1.74 bits per heavy atom. The van der Waals surface area contributed by atoms with Gasteiger partial charge < -0.3 is 4.74 Å². The minimum Gasteiger partial charge on any atom is -0.373 e. The van der Waals surface area contributed by atoms with E-state index in [1.165, 1.54) is 19.3 Å². The molecule has 23 heavy (non-hydrogen) atoms. The monoisotopic (exact) mass is 318 g/mol. The van der Waals surface area contributed by atoms with Crippen LogP contribution in [0.25, 0.3) is 0 Å². The number of carbonyl (C=O) groups excluding carboxylic acids is 2. The third-order valence-electron chi connectivity index (χ3n) is 8.47. The summed E-state index contributed by atoms with van der Waals surface area (Å²) in [5.74, 6) is 3.25. The van der Waals surface area contributed by atoms with Gasteiger partial charge in [0, 0.05) is 31.8 Å². The Balaban J connectivity index is 1.65. The molecule has 4 fully saturated rings. The van der Waals surface area contributed by atoms with Gasteiger partial charge in [0.15, 0.2) is 5.78 Å². The van der Waals surface area contributed by atoms with E-state index in [9.17, 15) is 9.59 Å². The maximum Gasteiger partial charge on any atom is 0.162 e. The largest absolute Gasteiger partial charge is 0.373 e. The topological polar surface area (TPSA) is 43.4 Å². The number of ether oxygens (including phenoxy) is 1. The van der Waals surface area contributed by atoms with Crippen molar-refractivity contribution in [1.82, 2.24) is 0 Å². The SMILES string of the molecule is CO[C@H]1C(=O)C[C@H]2[C@@H]3CC[C@H]4CC(=O)CC[C@]4(C)[C@H]3CC[C@]12C. The smallest absolute Gasteiger partial charge is 0.162 e. The van der Waals surface area contributed by atoms with Crippen LogP contribution in [-0.2, 0) is 14.3 Å². The summed E-state index contributed by atoms with van der Waals surface area (Å²) in [6.07, 6.45) is 7.90. The van der Waals surface area contributed by atoms with Crippen molar-refractivity contribution in [2.75, 3.05) is 7.11 Å². The molecule has 0 radical (unpaired) electrons. The molecule has 4 saturated carbocycles. The predicted octanol–water partition coefficient (Wildman–Crippen LogP) is 3.79. The Labute approximate surface area is 139 Å². The van der Waals surface area contributed by atoms with Crippen LogP contribution in [0.3, 0.4) is 0 Å². The van der Waals surface area contributed by atoms with Gasteiger partial charge in [-0.3, -0.25) is 9.59 Å². The molecular weight excluding hydrogens is 288 g/mol. The van der Waals surface area contributed by atoms with Crippen LogP contribution in [0.1, 0.15) is 65.2 Å². The second-order valence-corrected chi connectivity index (χ2v) is 9.23. The quantitative estimate of drug-likeness (QED) is 0.739. The molecule has 0 N–H and O–H groups in total. The first kappa shape index (κ1) is 15.8. The van der Waals surface area contributed by atoms with Crippen LogP contribution in [0.2, 0.25) is 0 Å². The van der Waals surface area contributed by atoms with Crippen LogP contribution in [0.5, 0.6) is 0 Å². The van der Waals surface area contributed by atoms with Gasteiger partial charge in [-0.15, -0.1) is 0 Å². The predicted molar refractivity (Wildman–Crippen MR) is 87.9 cm³/mol. The molecule has 0 spiro atoms. The van der Waals surface area contributed by atoms with Crippen LogP contribution in [0, 0.1) is 34.5 Å². The fourth-order valence-corrected chi connectivity index (χ4v) is 7.20. The Bertz CT molecular complexity index is 541. The van der Waals surface area contributed by atoms with Crippen LogP contribution in [0.15, 0.2) is 0 Å². The highest BCUT2D eigenvalue weighted by atomic mass is 16.5. The van der Waals surface area contributed by atoms with Crippen LogP contribution in [0.4, 0.5) is 0 Å². The summed E-state index contributed by atoms with van der Waals surface area (Å²) in [6.45, 7) is 4.75. The van der Waals surface area contributed by atoms with Gasteiger partial charge in [0.25, 0.3) is 0 Å². The van der Waals surface area contributed by atoms with Crippen LogP contribution in [-0.4, -0.2) is 24.8 Å². The van der Waals surface area contributed by atoms with E-state index >= 15 is 0 Å². The molecule has 128 valence electrons. The molecule has 0 unspecified atom stereocenters. The lowest BCUT2D eigenvalue weighted by atomic mass is 9.45. The lowest BCUT2D eigenvalue weighted by molar-refractivity contribution is -0.145. The van der Waals surface area contributed by atoms with Crippen molar-refractivity contribution >= 4 is 11.6 Å². The van der Waals surface area contributed by atoms with Crippen molar-refractivity contribution in [3.05, 3.63) is 0 Å². The van der Waals surface area contributed by atoms with E-state index in [2.05, 4.69) is 13.8 Å². The van der Waals surface area contributed by atoms with Gasteiger partial charge in [0.1, 0.15) is 11.9 Å². The molecule has 0 heterocycles. The highest BCUT2D eigenvalue weighted by Crippen LogP contribution is 2.65. The standard InChI is InChI=1S/C20H30O3/c1-19-8-6-13(21)10-12(19)4-5-14-15(19)7-9-20(2)16(14)11-17(22)18(20)23-3/h12,14-16,18H,4-11H2,1-3H3/t12-,14+,15-,16-,18-,19-,20-/m0/s1. The van der Waals surface area contributed by atoms with Gasteiger partial charge in [-0.25, -0.2) is 0 Å². The van der Waals surface area contributed by atoms with Crippen LogP contribution >= 0.6 is 0 Å². The summed E-state index contributed by atoms with van der Waals surface area (Å²) in [6, 6.07) is 0. The number of hydrogen-bond donors (Lipinski definition) is 0. The van der Waals surface area contributed by atoms with E-state index < -0.39 is 0 Å². The van der Waals surface area contributed by atoms with E-state index in [0.29, 0.717) is 40.7 Å². The number of Topliss-reactive ketones (excluding diaryl/α,β-unsaturated/α-hetero) is 2. The third kappa shape index (κ3) is 2.04. The van der Waals surface area contributed by atoms with Gasteiger partial charge in [0.2, 0.25) is 0 Å². The first-order chi connectivity index (χ1) is 10.9. The highest BCUT2D eigenvalue weighted by Gasteiger charge is 2.62. The molecule has 7 atom stereocenters. The van der Waals surface area contributed by atoms with E-state index in [4.69, 9.17) is 4.74 Å². The second-order valence-electron chi connectivity index (χ2n) is 9.23. The van der Waals surface area contributed by atoms with Crippen LogP contribution < -0.4 is 0 Å². The van der Waals surface area contributed by atoms with Crippen molar-refractivity contribution in [3.8, 4) is 0 Å². The lowest BCUT2D eigenvalue weighted by Crippen LogP contribution is -2.54. The van der Waals surface area contributed by atoms with Gasteiger partial charge in [0.05, 0.1) is 0 Å². The molecule has 3 heteroatoms. The van der Waals surface area contributed by atoms with Crippen molar-refractivity contribution in [3.63, 3.8) is 0 Å². The molecule has 4 aliphatic rings. The van der Waals surface area contributed by atoms with Crippen molar-refractivity contribution < 1.29 is 14.3 Å². The molecule has 0 bridgehead atoms. The fourth-order valence-electron chi connectivity index (χ4n) is 7.20. The molecule has 0 aromatic carbocycles. The second kappa shape index (κ2) is 5.15.